The zero-order chi connectivity index (χ0) is 8.39. The van der Waals surface area contributed by atoms with Gasteiger partial charge in [0.1, 0.15) is 0 Å². The number of aromatic nitrogens is 4. The Bertz CT molecular complexity index is 366. The maximum absolute atomic E-state index is 4.04. The third-order valence-electron chi connectivity index (χ3n) is 1.46. The van der Waals surface area contributed by atoms with Crippen LogP contribution in [0.5, 0.6) is 0 Å². The van der Waals surface area contributed by atoms with Gasteiger partial charge in [-0.3, -0.25) is 0 Å². The van der Waals surface area contributed by atoms with E-state index in [1.807, 2.05) is 24.3 Å². The van der Waals surface area contributed by atoms with Crippen molar-refractivity contribution in [2.45, 2.75) is 0 Å². The summed E-state index contributed by atoms with van der Waals surface area (Å²) in [6, 6.07) is 10.6. The molecule has 12 heavy (non-hydrogen) atoms. The average molecular weight is 159 g/mol. The van der Waals surface area contributed by atoms with Crippen molar-refractivity contribution in [3.63, 3.8) is 0 Å². The van der Waals surface area contributed by atoms with E-state index in [0.29, 0.717) is 5.82 Å². The topological polar surface area (TPSA) is 43.6 Å². The van der Waals surface area contributed by atoms with Crippen LogP contribution in [0.15, 0.2) is 24.3 Å². The first-order valence-electron chi connectivity index (χ1n) is 3.57. The highest BCUT2D eigenvalue weighted by Gasteiger charge is 2.01. The van der Waals surface area contributed by atoms with E-state index in [0.717, 1.165) is 5.56 Å². The lowest BCUT2D eigenvalue weighted by atomic mass is 10.2. The average Bonchev–Trinajstić information content (AvgIpc) is 2.54. The van der Waals surface area contributed by atoms with Gasteiger partial charge in [0.05, 0.1) is 7.05 Å². The molecular weight excluding hydrogens is 152 g/mol. The van der Waals surface area contributed by atoms with Crippen LogP contribution in [0, 0.1) is 6.07 Å². The lowest BCUT2D eigenvalue weighted by Gasteiger charge is -1.89. The second-order valence-electron chi connectivity index (χ2n) is 2.38. The fourth-order valence-corrected chi connectivity index (χ4v) is 0.924. The number of aryl methyl sites for hydroxylation is 1. The minimum absolute atomic E-state index is 0.609. The molecule has 1 aromatic heterocycles. The highest BCUT2D eigenvalue weighted by molar-refractivity contribution is 5.51. The van der Waals surface area contributed by atoms with Crippen LogP contribution in [-0.4, -0.2) is 20.2 Å². The molecule has 1 heterocycles. The van der Waals surface area contributed by atoms with E-state index >= 15 is 0 Å². The summed E-state index contributed by atoms with van der Waals surface area (Å²) >= 11 is 0. The summed E-state index contributed by atoms with van der Waals surface area (Å²) in [5.41, 5.74) is 0.866. The van der Waals surface area contributed by atoms with E-state index in [1.165, 1.54) is 4.80 Å². The summed E-state index contributed by atoms with van der Waals surface area (Å²) in [6.45, 7) is 0. The van der Waals surface area contributed by atoms with Gasteiger partial charge in [-0.2, -0.15) is 4.80 Å². The summed E-state index contributed by atoms with van der Waals surface area (Å²) in [4.78, 5) is 1.43. The Hall–Kier alpha value is -1.71. The number of benzene rings is 1. The molecule has 0 aliphatic carbocycles. The highest BCUT2D eigenvalue weighted by atomic mass is 15.6. The van der Waals surface area contributed by atoms with Crippen molar-refractivity contribution >= 4 is 0 Å². The van der Waals surface area contributed by atoms with E-state index in [-0.39, 0.29) is 0 Å². The van der Waals surface area contributed by atoms with Crippen molar-refractivity contribution in [2.24, 2.45) is 7.05 Å². The predicted octanol–water partition coefficient (Wildman–Crippen LogP) is 0.677. The molecule has 0 saturated carbocycles. The molecule has 1 aromatic carbocycles. The number of hydrogen-bond acceptors (Lipinski definition) is 3. The second kappa shape index (κ2) is 2.73. The third-order valence-corrected chi connectivity index (χ3v) is 1.46. The standard InChI is InChI=1S/C8H7N4/c1-12-10-8(9-11-12)7-5-3-2-4-6-7/h2-5H,1H3. The molecule has 2 aromatic rings. The Morgan fingerprint density at radius 1 is 1.42 bits per heavy atom. The predicted molar refractivity (Wildman–Crippen MR) is 43.1 cm³/mol. The van der Waals surface area contributed by atoms with E-state index in [4.69, 9.17) is 0 Å². The highest BCUT2D eigenvalue weighted by Crippen LogP contribution is 2.10. The number of nitrogens with zero attached hydrogens (tertiary/aromatic N) is 4. The molecule has 0 bridgehead atoms. The summed E-state index contributed by atoms with van der Waals surface area (Å²) < 4.78 is 0. The van der Waals surface area contributed by atoms with Crippen molar-refractivity contribution in [2.75, 3.05) is 0 Å². The van der Waals surface area contributed by atoms with Crippen LogP contribution in [0.25, 0.3) is 11.4 Å². The summed E-state index contributed by atoms with van der Waals surface area (Å²) in [5, 5.41) is 11.6. The van der Waals surface area contributed by atoms with Crippen molar-refractivity contribution in [3.8, 4) is 11.4 Å². The molecule has 4 nitrogen and oxygen atoms in total. The van der Waals surface area contributed by atoms with Crippen LogP contribution in [-0.2, 0) is 7.05 Å². The molecule has 0 aliphatic heterocycles. The number of hydrogen-bond donors (Lipinski definition) is 0. The number of tetrazole rings is 1. The molecular formula is C8H7N4. The molecule has 0 unspecified atom stereocenters. The minimum atomic E-state index is 0.609. The van der Waals surface area contributed by atoms with Crippen LogP contribution in [0.4, 0.5) is 0 Å². The number of rotatable bonds is 1. The zero-order valence-electron chi connectivity index (χ0n) is 6.60. The summed E-state index contributed by atoms with van der Waals surface area (Å²) in [7, 11) is 1.74. The van der Waals surface area contributed by atoms with E-state index in [9.17, 15) is 0 Å². The van der Waals surface area contributed by atoms with Gasteiger partial charge >= 0.3 is 0 Å². The van der Waals surface area contributed by atoms with Gasteiger partial charge in [0.25, 0.3) is 0 Å². The fraction of sp³-hybridized carbons (Fsp3) is 0.125. The molecule has 59 valence electrons. The quantitative estimate of drug-likeness (QED) is 0.614. The van der Waals surface area contributed by atoms with Gasteiger partial charge in [-0.15, -0.1) is 10.2 Å². The van der Waals surface area contributed by atoms with E-state index in [2.05, 4.69) is 21.5 Å². The summed E-state index contributed by atoms with van der Waals surface area (Å²) in [6.07, 6.45) is 0. The molecule has 0 aliphatic rings. The normalized spacial score (nSPS) is 10.1. The molecule has 0 amide bonds. The zero-order valence-corrected chi connectivity index (χ0v) is 6.60. The van der Waals surface area contributed by atoms with Crippen molar-refractivity contribution in [1.29, 1.82) is 0 Å². The maximum Gasteiger partial charge on any atom is 0.205 e. The monoisotopic (exact) mass is 159 g/mol. The van der Waals surface area contributed by atoms with Crippen molar-refractivity contribution < 1.29 is 0 Å². The SMILES string of the molecule is Cn1nnc(-c2[c]cccc2)n1. The molecule has 2 rings (SSSR count). The molecule has 0 fully saturated rings. The van der Waals surface area contributed by atoms with Gasteiger partial charge in [-0.25, -0.2) is 0 Å². The van der Waals surface area contributed by atoms with Crippen LogP contribution >= 0.6 is 0 Å². The Morgan fingerprint density at radius 3 is 2.92 bits per heavy atom. The lowest BCUT2D eigenvalue weighted by molar-refractivity contribution is 0.630. The molecule has 0 spiro atoms. The molecule has 0 atom stereocenters. The van der Waals surface area contributed by atoms with Gasteiger partial charge in [0.15, 0.2) is 0 Å². The van der Waals surface area contributed by atoms with Crippen LogP contribution in [0.3, 0.4) is 0 Å². The first kappa shape index (κ1) is 6.97. The minimum Gasteiger partial charge on any atom is -0.167 e. The Balaban J connectivity index is 2.45. The first-order chi connectivity index (χ1) is 5.86. The smallest absolute Gasteiger partial charge is 0.167 e. The van der Waals surface area contributed by atoms with Crippen LogP contribution < -0.4 is 0 Å². The van der Waals surface area contributed by atoms with E-state index in [1.54, 1.807) is 7.05 Å². The van der Waals surface area contributed by atoms with Gasteiger partial charge in [-0.1, -0.05) is 24.3 Å². The van der Waals surface area contributed by atoms with Crippen LogP contribution in [0.2, 0.25) is 0 Å². The van der Waals surface area contributed by atoms with Gasteiger partial charge < -0.3 is 0 Å². The Kier molecular flexibility index (Phi) is 1.59. The molecule has 0 saturated heterocycles. The second-order valence-corrected chi connectivity index (χ2v) is 2.38. The first-order valence-corrected chi connectivity index (χ1v) is 3.57. The lowest BCUT2D eigenvalue weighted by Crippen LogP contribution is -1.91. The third kappa shape index (κ3) is 1.18. The molecule has 0 N–H and O–H groups in total. The Morgan fingerprint density at radius 2 is 2.33 bits per heavy atom. The van der Waals surface area contributed by atoms with Crippen molar-refractivity contribution in [3.05, 3.63) is 30.3 Å². The molecule has 1 radical (unpaired) electrons. The van der Waals surface area contributed by atoms with Gasteiger partial charge in [0, 0.05) is 5.56 Å². The van der Waals surface area contributed by atoms with Gasteiger partial charge in [-0.05, 0) is 11.3 Å². The van der Waals surface area contributed by atoms with E-state index < -0.39 is 0 Å². The maximum atomic E-state index is 4.04. The fourth-order valence-electron chi connectivity index (χ4n) is 0.924. The largest absolute Gasteiger partial charge is 0.205 e. The van der Waals surface area contributed by atoms with Crippen LogP contribution in [0.1, 0.15) is 0 Å². The summed E-state index contributed by atoms with van der Waals surface area (Å²) in [5.74, 6) is 0.609. The van der Waals surface area contributed by atoms with Crippen molar-refractivity contribution in [1.82, 2.24) is 20.2 Å². The van der Waals surface area contributed by atoms with Gasteiger partial charge in [0.2, 0.25) is 5.82 Å². The Labute approximate surface area is 69.8 Å². The molecule has 4 heteroatoms.